The Balaban J connectivity index is 2.59. The minimum atomic E-state index is -0.270. The average molecular weight is 262 g/mol. The van der Waals surface area contributed by atoms with E-state index in [1.165, 1.54) is 12.1 Å². The zero-order valence-corrected chi connectivity index (χ0v) is 11.7. The van der Waals surface area contributed by atoms with Crippen molar-refractivity contribution in [2.45, 2.75) is 33.7 Å². The number of nitrogens with one attached hydrogen (secondary N) is 1. The Bertz CT molecular complexity index is 604. The van der Waals surface area contributed by atoms with Crippen LogP contribution in [0, 0.1) is 33.5 Å². The number of benzene rings is 1. The Kier molecular flexibility index (Phi) is 3.73. The molecule has 0 aliphatic heterocycles. The van der Waals surface area contributed by atoms with Crippen molar-refractivity contribution < 1.29 is 8.81 Å². The van der Waals surface area contributed by atoms with Crippen molar-refractivity contribution in [3.05, 3.63) is 57.8 Å². The van der Waals surface area contributed by atoms with Gasteiger partial charge in [-0.2, -0.15) is 0 Å². The smallest absolute Gasteiger partial charge is 0.123 e. The topological polar surface area (TPSA) is 51.2 Å². The standard InChI is InChI=1S/C15H19FN2O/c1-8-5-6-12(16)7-13(8)15(18-17)14-9(2)10(3)19-11(14)4/h5-7,15,18H,17H2,1-4H3. The Labute approximate surface area is 112 Å². The second-order valence-electron chi connectivity index (χ2n) is 4.85. The Morgan fingerprint density at radius 1 is 1.16 bits per heavy atom. The molecule has 0 amide bonds. The van der Waals surface area contributed by atoms with E-state index in [4.69, 9.17) is 10.3 Å². The van der Waals surface area contributed by atoms with Crippen molar-refractivity contribution >= 4 is 0 Å². The zero-order chi connectivity index (χ0) is 14.2. The minimum Gasteiger partial charge on any atom is -0.466 e. The fraction of sp³-hybridized carbons (Fsp3) is 0.333. The van der Waals surface area contributed by atoms with Crippen LogP contribution in [0.1, 0.15) is 39.8 Å². The lowest BCUT2D eigenvalue weighted by atomic mass is 9.93. The van der Waals surface area contributed by atoms with Crippen molar-refractivity contribution in [3.8, 4) is 0 Å². The molecule has 1 aromatic carbocycles. The van der Waals surface area contributed by atoms with Crippen LogP contribution in [0.15, 0.2) is 22.6 Å². The molecule has 0 spiro atoms. The number of hydrogen-bond donors (Lipinski definition) is 2. The van der Waals surface area contributed by atoms with E-state index >= 15 is 0 Å². The zero-order valence-electron chi connectivity index (χ0n) is 11.7. The van der Waals surface area contributed by atoms with Crippen LogP contribution in [0.5, 0.6) is 0 Å². The molecule has 0 fully saturated rings. The summed E-state index contributed by atoms with van der Waals surface area (Å²) in [7, 11) is 0. The maximum absolute atomic E-state index is 13.5. The van der Waals surface area contributed by atoms with Crippen LogP contribution in [-0.4, -0.2) is 0 Å². The lowest BCUT2D eigenvalue weighted by Crippen LogP contribution is -2.30. The number of nitrogens with two attached hydrogens (primary N) is 1. The van der Waals surface area contributed by atoms with Gasteiger partial charge in [0, 0.05) is 5.56 Å². The summed E-state index contributed by atoms with van der Waals surface area (Å²) in [6.07, 6.45) is 0. The molecule has 3 N–H and O–H groups in total. The first kappa shape index (κ1) is 13.8. The molecule has 2 aromatic rings. The van der Waals surface area contributed by atoms with Crippen molar-refractivity contribution in [1.29, 1.82) is 0 Å². The molecule has 0 aliphatic carbocycles. The summed E-state index contributed by atoms with van der Waals surface area (Å²) in [6.45, 7) is 7.74. The predicted molar refractivity (Wildman–Crippen MR) is 73.2 cm³/mol. The monoisotopic (exact) mass is 262 g/mol. The van der Waals surface area contributed by atoms with E-state index in [9.17, 15) is 4.39 Å². The maximum Gasteiger partial charge on any atom is 0.123 e. The van der Waals surface area contributed by atoms with E-state index in [1.54, 1.807) is 6.07 Å². The normalized spacial score (nSPS) is 12.7. The van der Waals surface area contributed by atoms with Gasteiger partial charge in [-0.15, -0.1) is 0 Å². The molecule has 0 radical (unpaired) electrons. The van der Waals surface area contributed by atoms with Gasteiger partial charge >= 0.3 is 0 Å². The van der Waals surface area contributed by atoms with Crippen LogP contribution in [0.25, 0.3) is 0 Å². The lowest BCUT2D eigenvalue weighted by molar-refractivity contribution is 0.493. The third-order valence-electron chi connectivity index (χ3n) is 3.63. The molecule has 0 saturated heterocycles. The quantitative estimate of drug-likeness (QED) is 0.659. The maximum atomic E-state index is 13.5. The molecular formula is C15H19FN2O. The summed E-state index contributed by atoms with van der Waals surface area (Å²) in [4.78, 5) is 0. The molecule has 0 saturated carbocycles. The van der Waals surface area contributed by atoms with E-state index in [1.807, 2.05) is 27.7 Å². The molecule has 1 unspecified atom stereocenters. The van der Waals surface area contributed by atoms with Crippen molar-refractivity contribution in [2.24, 2.45) is 5.84 Å². The van der Waals surface area contributed by atoms with Gasteiger partial charge in [-0.25, -0.2) is 9.82 Å². The Morgan fingerprint density at radius 2 is 1.84 bits per heavy atom. The van der Waals surface area contributed by atoms with Crippen molar-refractivity contribution in [1.82, 2.24) is 5.43 Å². The first-order valence-corrected chi connectivity index (χ1v) is 6.24. The molecule has 19 heavy (non-hydrogen) atoms. The molecule has 4 heteroatoms. The lowest BCUT2D eigenvalue weighted by Gasteiger charge is -2.19. The summed E-state index contributed by atoms with van der Waals surface area (Å²) < 4.78 is 19.1. The van der Waals surface area contributed by atoms with Crippen molar-refractivity contribution in [3.63, 3.8) is 0 Å². The number of hydrazine groups is 1. The van der Waals surface area contributed by atoms with Crippen LogP contribution < -0.4 is 11.3 Å². The molecule has 0 bridgehead atoms. The van der Waals surface area contributed by atoms with Gasteiger partial charge in [-0.3, -0.25) is 5.84 Å². The number of rotatable bonds is 3. The van der Waals surface area contributed by atoms with Gasteiger partial charge in [-0.05, 0) is 56.5 Å². The fourth-order valence-electron chi connectivity index (χ4n) is 2.49. The first-order chi connectivity index (χ1) is 8.95. The van der Waals surface area contributed by atoms with E-state index in [0.29, 0.717) is 0 Å². The highest BCUT2D eigenvalue weighted by Gasteiger charge is 2.23. The van der Waals surface area contributed by atoms with E-state index in [2.05, 4.69) is 5.43 Å². The van der Waals surface area contributed by atoms with Crippen LogP contribution in [-0.2, 0) is 0 Å². The van der Waals surface area contributed by atoms with Crippen LogP contribution in [0.4, 0.5) is 4.39 Å². The molecule has 0 aliphatic rings. The van der Waals surface area contributed by atoms with Crippen LogP contribution in [0.3, 0.4) is 0 Å². The summed E-state index contributed by atoms with van der Waals surface area (Å²) in [5.74, 6) is 7.09. The highest BCUT2D eigenvalue weighted by molar-refractivity contribution is 5.43. The number of hydrogen-bond acceptors (Lipinski definition) is 3. The average Bonchev–Trinajstić information content (AvgIpc) is 2.61. The third-order valence-corrected chi connectivity index (χ3v) is 3.63. The number of furan rings is 1. The summed E-state index contributed by atoms with van der Waals surface area (Å²) in [6, 6.07) is 4.45. The first-order valence-electron chi connectivity index (χ1n) is 6.24. The summed E-state index contributed by atoms with van der Waals surface area (Å²) in [5.41, 5.74) is 6.61. The van der Waals surface area contributed by atoms with Gasteiger partial charge in [0.25, 0.3) is 0 Å². The SMILES string of the molecule is Cc1ccc(F)cc1C(NN)c1c(C)oc(C)c1C. The van der Waals surface area contributed by atoms with Crippen molar-refractivity contribution in [2.75, 3.05) is 0 Å². The molecule has 2 rings (SSSR count). The van der Waals surface area contributed by atoms with Gasteiger partial charge in [0.2, 0.25) is 0 Å². The van der Waals surface area contributed by atoms with E-state index in [-0.39, 0.29) is 11.9 Å². The van der Waals surface area contributed by atoms with E-state index < -0.39 is 0 Å². The van der Waals surface area contributed by atoms with Gasteiger partial charge in [0.1, 0.15) is 17.3 Å². The second kappa shape index (κ2) is 5.15. The van der Waals surface area contributed by atoms with Gasteiger partial charge in [0.15, 0.2) is 0 Å². The highest BCUT2D eigenvalue weighted by Crippen LogP contribution is 2.32. The van der Waals surface area contributed by atoms with Gasteiger partial charge in [0.05, 0.1) is 6.04 Å². The molecule has 3 nitrogen and oxygen atoms in total. The Morgan fingerprint density at radius 3 is 2.37 bits per heavy atom. The number of halogens is 1. The highest BCUT2D eigenvalue weighted by atomic mass is 19.1. The van der Waals surface area contributed by atoms with E-state index in [0.717, 1.165) is 33.8 Å². The third kappa shape index (κ3) is 2.41. The van der Waals surface area contributed by atoms with Gasteiger partial charge < -0.3 is 4.42 Å². The Hall–Kier alpha value is -1.65. The minimum absolute atomic E-state index is 0.267. The van der Waals surface area contributed by atoms with Crippen LogP contribution >= 0.6 is 0 Å². The predicted octanol–water partition coefficient (Wildman–Crippen LogP) is 3.21. The summed E-state index contributed by atoms with van der Waals surface area (Å²) in [5, 5.41) is 0. The fourth-order valence-corrected chi connectivity index (χ4v) is 2.49. The van der Waals surface area contributed by atoms with Crippen LogP contribution in [0.2, 0.25) is 0 Å². The second-order valence-corrected chi connectivity index (χ2v) is 4.85. The van der Waals surface area contributed by atoms with Gasteiger partial charge in [-0.1, -0.05) is 6.07 Å². The molecule has 1 aromatic heterocycles. The molecule has 1 heterocycles. The molecule has 102 valence electrons. The largest absolute Gasteiger partial charge is 0.466 e. The summed E-state index contributed by atoms with van der Waals surface area (Å²) >= 11 is 0. The molecule has 1 atom stereocenters. The number of aryl methyl sites for hydroxylation is 3. The molecular weight excluding hydrogens is 243 g/mol.